The Morgan fingerprint density at radius 2 is 1.95 bits per heavy atom. The number of benzene rings is 1. The van der Waals surface area contributed by atoms with Gasteiger partial charge in [0.05, 0.1) is 11.9 Å². The van der Waals surface area contributed by atoms with E-state index < -0.39 is 0 Å². The normalized spacial score (nSPS) is 10.7. The van der Waals surface area contributed by atoms with E-state index in [1.54, 1.807) is 11.3 Å². The summed E-state index contributed by atoms with van der Waals surface area (Å²) in [6, 6.07) is 12.3. The number of anilines is 2. The molecule has 3 rings (SSSR count). The van der Waals surface area contributed by atoms with Crippen molar-refractivity contribution in [3.8, 4) is 0 Å². The minimum absolute atomic E-state index is 0.687. The molecule has 0 aliphatic rings. The number of para-hydroxylation sites is 1. The molecule has 0 spiro atoms. The van der Waals surface area contributed by atoms with Gasteiger partial charge in [0.25, 0.3) is 0 Å². The van der Waals surface area contributed by atoms with Crippen molar-refractivity contribution < 1.29 is 0 Å². The summed E-state index contributed by atoms with van der Waals surface area (Å²) in [5.74, 6) is 1.73. The lowest BCUT2D eigenvalue weighted by molar-refractivity contribution is 0.850. The fourth-order valence-corrected chi connectivity index (χ4v) is 2.93. The number of hydrogen-bond donors (Lipinski definition) is 1. The van der Waals surface area contributed by atoms with Crippen LogP contribution in [0.25, 0.3) is 10.2 Å². The molecule has 2 heterocycles. The van der Waals surface area contributed by atoms with Crippen molar-refractivity contribution in [1.82, 2.24) is 9.97 Å². The van der Waals surface area contributed by atoms with Crippen molar-refractivity contribution in [2.75, 3.05) is 24.3 Å². The van der Waals surface area contributed by atoms with E-state index in [4.69, 9.17) is 0 Å². The summed E-state index contributed by atoms with van der Waals surface area (Å²) in [6.07, 6.45) is 0. The second kappa shape index (κ2) is 5.46. The maximum absolute atomic E-state index is 4.64. The average molecular weight is 284 g/mol. The number of thiophene rings is 1. The lowest BCUT2D eigenvalue weighted by atomic mass is 10.3. The molecule has 2 aromatic heterocycles. The Morgan fingerprint density at radius 1 is 1.15 bits per heavy atom. The highest BCUT2D eigenvalue weighted by Crippen LogP contribution is 2.25. The van der Waals surface area contributed by atoms with Crippen molar-refractivity contribution in [3.63, 3.8) is 0 Å². The highest BCUT2D eigenvalue weighted by Gasteiger charge is 2.10. The number of nitrogens with one attached hydrogen (secondary N) is 1. The number of hydrogen-bond acceptors (Lipinski definition) is 5. The first-order valence-corrected chi connectivity index (χ1v) is 7.34. The lowest BCUT2D eigenvalue weighted by Crippen LogP contribution is -2.18. The van der Waals surface area contributed by atoms with Gasteiger partial charge in [-0.2, -0.15) is 0 Å². The zero-order chi connectivity index (χ0) is 13.9. The van der Waals surface area contributed by atoms with Gasteiger partial charge in [-0.05, 0) is 23.6 Å². The smallest absolute Gasteiger partial charge is 0.151 e. The minimum Gasteiger partial charge on any atom is -0.372 e. The molecule has 102 valence electrons. The lowest BCUT2D eigenvalue weighted by Gasteiger charge is -2.18. The van der Waals surface area contributed by atoms with Crippen LogP contribution >= 0.6 is 11.3 Å². The van der Waals surface area contributed by atoms with Crippen LogP contribution in [-0.4, -0.2) is 24.1 Å². The monoisotopic (exact) mass is 284 g/mol. The van der Waals surface area contributed by atoms with Crippen molar-refractivity contribution in [2.24, 2.45) is 0 Å². The number of fused-ring (bicyclic) bond motifs is 1. The molecule has 0 aliphatic heterocycles. The van der Waals surface area contributed by atoms with E-state index in [1.165, 1.54) is 0 Å². The summed E-state index contributed by atoms with van der Waals surface area (Å²) in [5, 5.41) is 6.28. The van der Waals surface area contributed by atoms with Crippen LogP contribution in [0.4, 0.5) is 11.5 Å². The molecule has 0 saturated heterocycles. The van der Waals surface area contributed by atoms with Gasteiger partial charge in [-0.1, -0.05) is 18.2 Å². The largest absolute Gasteiger partial charge is 0.372 e. The van der Waals surface area contributed by atoms with Crippen LogP contribution in [0.1, 0.15) is 5.82 Å². The predicted octanol–water partition coefficient (Wildman–Crippen LogP) is 3.37. The van der Waals surface area contributed by atoms with Gasteiger partial charge >= 0.3 is 0 Å². The fourth-order valence-electron chi connectivity index (χ4n) is 2.15. The van der Waals surface area contributed by atoms with Crippen molar-refractivity contribution in [3.05, 3.63) is 47.6 Å². The van der Waals surface area contributed by atoms with Crippen LogP contribution < -0.4 is 10.2 Å². The molecule has 0 bridgehead atoms. The summed E-state index contributed by atoms with van der Waals surface area (Å²) in [7, 11) is 3.94. The summed E-state index contributed by atoms with van der Waals surface area (Å²) < 4.78 is 0. The van der Waals surface area contributed by atoms with Gasteiger partial charge in [0.1, 0.15) is 10.6 Å². The first-order valence-electron chi connectivity index (χ1n) is 6.46. The first-order chi connectivity index (χ1) is 9.78. The molecule has 0 unspecified atom stereocenters. The molecular weight excluding hydrogens is 268 g/mol. The van der Waals surface area contributed by atoms with E-state index in [9.17, 15) is 0 Å². The van der Waals surface area contributed by atoms with Gasteiger partial charge < -0.3 is 10.2 Å². The Hall–Kier alpha value is -2.14. The second-order valence-electron chi connectivity index (χ2n) is 4.57. The highest BCUT2D eigenvalue weighted by atomic mass is 32.1. The zero-order valence-electron chi connectivity index (χ0n) is 11.5. The first kappa shape index (κ1) is 12.9. The molecular formula is C15H16N4S. The molecule has 0 aliphatic carbocycles. The molecule has 0 radical (unpaired) electrons. The molecule has 5 heteroatoms. The number of nitrogens with zero attached hydrogens (tertiary/aromatic N) is 3. The number of rotatable bonds is 4. The van der Waals surface area contributed by atoms with Crippen molar-refractivity contribution >= 4 is 33.1 Å². The van der Waals surface area contributed by atoms with E-state index in [2.05, 4.69) is 45.4 Å². The van der Waals surface area contributed by atoms with E-state index in [1.807, 2.05) is 30.6 Å². The minimum atomic E-state index is 0.687. The van der Waals surface area contributed by atoms with E-state index in [-0.39, 0.29) is 0 Å². The maximum Gasteiger partial charge on any atom is 0.151 e. The van der Waals surface area contributed by atoms with Crippen molar-refractivity contribution in [2.45, 2.75) is 6.54 Å². The molecule has 0 saturated carbocycles. The second-order valence-corrected chi connectivity index (χ2v) is 5.46. The Balaban J connectivity index is 1.91. The highest BCUT2D eigenvalue weighted by molar-refractivity contribution is 7.16. The van der Waals surface area contributed by atoms with Gasteiger partial charge in [0, 0.05) is 19.8 Å². The maximum atomic E-state index is 4.64. The van der Waals surface area contributed by atoms with E-state index in [0.717, 1.165) is 27.5 Å². The van der Waals surface area contributed by atoms with E-state index in [0.29, 0.717) is 6.54 Å². The van der Waals surface area contributed by atoms with Crippen LogP contribution in [-0.2, 0) is 6.54 Å². The van der Waals surface area contributed by atoms with Gasteiger partial charge in [0.2, 0.25) is 0 Å². The van der Waals surface area contributed by atoms with E-state index >= 15 is 0 Å². The molecule has 0 atom stereocenters. The molecule has 4 nitrogen and oxygen atoms in total. The van der Waals surface area contributed by atoms with Crippen molar-refractivity contribution in [1.29, 1.82) is 0 Å². The Bertz CT molecular complexity index is 708. The quantitative estimate of drug-likeness (QED) is 0.797. The molecule has 1 aromatic carbocycles. The van der Waals surface area contributed by atoms with Gasteiger partial charge in [0.15, 0.2) is 5.82 Å². The molecule has 0 amide bonds. The van der Waals surface area contributed by atoms with Crippen LogP contribution in [0.3, 0.4) is 0 Å². The summed E-state index contributed by atoms with van der Waals surface area (Å²) in [6.45, 7) is 0.687. The summed E-state index contributed by atoms with van der Waals surface area (Å²) >= 11 is 1.64. The van der Waals surface area contributed by atoms with Gasteiger partial charge in [-0.25, -0.2) is 9.97 Å². The average Bonchev–Trinajstić information content (AvgIpc) is 2.95. The van der Waals surface area contributed by atoms with Crippen LogP contribution in [0.2, 0.25) is 0 Å². The van der Waals surface area contributed by atoms with Crippen LogP contribution in [0.5, 0.6) is 0 Å². The SMILES string of the molecule is CNc1nc(CN(C)c2ccccc2)nc2sccc12. The molecule has 3 aromatic rings. The molecule has 1 N–H and O–H groups in total. The molecule has 0 fully saturated rings. The standard InChI is InChI=1S/C15H16N4S/c1-16-14-12-8-9-20-15(12)18-13(17-14)10-19(2)11-6-4-3-5-7-11/h3-9H,10H2,1-2H3,(H,16,17,18). The predicted molar refractivity (Wildman–Crippen MR) is 85.5 cm³/mol. The van der Waals surface area contributed by atoms with Crippen LogP contribution in [0.15, 0.2) is 41.8 Å². The fraction of sp³-hybridized carbons (Fsp3) is 0.200. The third-order valence-corrected chi connectivity index (χ3v) is 3.99. The van der Waals surface area contributed by atoms with Crippen LogP contribution in [0, 0.1) is 0 Å². The Kier molecular flexibility index (Phi) is 3.52. The molecule has 20 heavy (non-hydrogen) atoms. The topological polar surface area (TPSA) is 41.1 Å². The summed E-state index contributed by atoms with van der Waals surface area (Å²) in [4.78, 5) is 12.4. The summed E-state index contributed by atoms with van der Waals surface area (Å²) in [5.41, 5.74) is 1.16. The third kappa shape index (κ3) is 2.44. The third-order valence-electron chi connectivity index (χ3n) is 3.18. The zero-order valence-corrected chi connectivity index (χ0v) is 12.3. The Labute approximate surface area is 122 Å². The number of aromatic nitrogens is 2. The van der Waals surface area contributed by atoms with Gasteiger partial charge in [-0.3, -0.25) is 0 Å². The Morgan fingerprint density at radius 3 is 2.70 bits per heavy atom. The van der Waals surface area contributed by atoms with Gasteiger partial charge in [-0.15, -0.1) is 11.3 Å².